The van der Waals surface area contributed by atoms with Crippen molar-refractivity contribution in [3.05, 3.63) is 24.5 Å². The number of aliphatic hydroxyl groups excluding tert-OH is 1. The third-order valence-electron chi connectivity index (χ3n) is 2.86. The van der Waals surface area contributed by atoms with Crippen LogP contribution in [0, 0.1) is 5.92 Å². The summed E-state index contributed by atoms with van der Waals surface area (Å²) >= 11 is 0. The Bertz CT molecular complexity index is 230. The minimum atomic E-state index is 0.336. The molecule has 2 nitrogen and oxygen atoms in total. The van der Waals surface area contributed by atoms with Crippen LogP contribution in [0.2, 0.25) is 0 Å². The number of hydrogen-bond donors (Lipinski definition) is 1. The van der Waals surface area contributed by atoms with Gasteiger partial charge in [0.15, 0.2) is 0 Å². The Hall–Kier alpha value is -0.760. The van der Waals surface area contributed by atoms with Crippen LogP contribution < -0.4 is 0 Å². The van der Waals surface area contributed by atoms with Crippen LogP contribution in [0.3, 0.4) is 0 Å². The van der Waals surface area contributed by atoms with E-state index in [0.29, 0.717) is 18.6 Å². The predicted molar refractivity (Wildman–Crippen MR) is 47.9 cm³/mol. The standard InChI is InChI=1S/C10H15NO/c12-8-9-4-3-5-10(9)11-6-1-2-7-11/h1-2,6-7,9-10,12H,3-5,8H2. The quantitative estimate of drug-likeness (QED) is 0.710. The first kappa shape index (κ1) is 7.87. The molecule has 0 radical (unpaired) electrons. The summed E-state index contributed by atoms with van der Waals surface area (Å²) < 4.78 is 2.23. The fourth-order valence-corrected chi connectivity index (χ4v) is 2.19. The van der Waals surface area contributed by atoms with E-state index >= 15 is 0 Å². The van der Waals surface area contributed by atoms with Gasteiger partial charge in [-0.05, 0) is 25.0 Å². The molecule has 1 heterocycles. The molecule has 2 unspecified atom stereocenters. The topological polar surface area (TPSA) is 25.2 Å². The Morgan fingerprint density at radius 1 is 1.25 bits per heavy atom. The predicted octanol–water partition coefficient (Wildman–Crippen LogP) is 1.82. The van der Waals surface area contributed by atoms with E-state index < -0.39 is 0 Å². The molecule has 1 N–H and O–H groups in total. The Morgan fingerprint density at radius 2 is 2.00 bits per heavy atom. The summed E-state index contributed by atoms with van der Waals surface area (Å²) in [6, 6.07) is 4.64. The Balaban J connectivity index is 2.13. The lowest BCUT2D eigenvalue weighted by Gasteiger charge is -2.18. The Kier molecular flexibility index (Phi) is 2.17. The molecule has 12 heavy (non-hydrogen) atoms. The summed E-state index contributed by atoms with van der Waals surface area (Å²) in [7, 11) is 0. The molecule has 0 aromatic carbocycles. The molecular weight excluding hydrogens is 150 g/mol. The molecule has 0 aliphatic heterocycles. The summed E-state index contributed by atoms with van der Waals surface area (Å²) in [5, 5.41) is 9.12. The summed E-state index contributed by atoms with van der Waals surface area (Å²) in [6.45, 7) is 0.336. The fraction of sp³-hybridized carbons (Fsp3) is 0.600. The van der Waals surface area contributed by atoms with Gasteiger partial charge in [0.1, 0.15) is 0 Å². The molecule has 2 rings (SSSR count). The van der Waals surface area contributed by atoms with E-state index in [4.69, 9.17) is 5.11 Å². The molecule has 0 amide bonds. The van der Waals surface area contributed by atoms with Gasteiger partial charge in [-0.1, -0.05) is 6.42 Å². The van der Waals surface area contributed by atoms with Crippen LogP contribution in [-0.2, 0) is 0 Å². The molecule has 0 bridgehead atoms. The van der Waals surface area contributed by atoms with Gasteiger partial charge in [-0.3, -0.25) is 0 Å². The van der Waals surface area contributed by atoms with Crippen molar-refractivity contribution in [1.82, 2.24) is 4.57 Å². The molecule has 66 valence electrons. The van der Waals surface area contributed by atoms with Crippen molar-refractivity contribution in [2.45, 2.75) is 25.3 Å². The third kappa shape index (κ3) is 1.27. The molecule has 1 saturated carbocycles. The van der Waals surface area contributed by atoms with Crippen molar-refractivity contribution in [3.63, 3.8) is 0 Å². The van der Waals surface area contributed by atoms with E-state index in [1.165, 1.54) is 19.3 Å². The largest absolute Gasteiger partial charge is 0.396 e. The number of rotatable bonds is 2. The number of aromatic nitrogens is 1. The van der Waals surface area contributed by atoms with Crippen molar-refractivity contribution < 1.29 is 5.11 Å². The van der Waals surface area contributed by atoms with E-state index in [0.717, 1.165) is 0 Å². The van der Waals surface area contributed by atoms with E-state index in [2.05, 4.69) is 17.0 Å². The monoisotopic (exact) mass is 165 g/mol. The molecule has 0 saturated heterocycles. The SMILES string of the molecule is OCC1CCCC1n1cccc1. The van der Waals surface area contributed by atoms with Crippen molar-refractivity contribution in [2.75, 3.05) is 6.61 Å². The first-order valence-corrected chi connectivity index (χ1v) is 4.65. The Morgan fingerprint density at radius 3 is 2.67 bits per heavy atom. The van der Waals surface area contributed by atoms with Crippen LogP contribution >= 0.6 is 0 Å². The van der Waals surface area contributed by atoms with Crippen LogP contribution in [-0.4, -0.2) is 16.3 Å². The lowest BCUT2D eigenvalue weighted by atomic mass is 10.1. The van der Waals surface area contributed by atoms with Crippen LogP contribution in [0.25, 0.3) is 0 Å². The van der Waals surface area contributed by atoms with Gasteiger partial charge in [-0.25, -0.2) is 0 Å². The molecule has 1 aromatic rings. The highest BCUT2D eigenvalue weighted by atomic mass is 16.3. The summed E-state index contributed by atoms with van der Waals surface area (Å²) in [5.74, 6) is 0.484. The third-order valence-corrected chi connectivity index (χ3v) is 2.86. The highest BCUT2D eigenvalue weighted by Crippen LogP contribution is 2.35. The summed E-state index contributed by atoms with van der Waals surface area (Å²) in [4.78, 5) is 0. The minimum absolute atomic E-state index is 0.336. The highest BCUT2D eigenvalue weighted by Gasteiger charge is 2.26. The molecule has 1 aliphatic carbocycles. The fourth-order valence-electron chi connectivity index (χ4n) is 2.19. The van der Waals surface area contributed by atoms with Gasteiger partial charge >= 0.3 is 0 Å². The van der Waals surface area contributed by atoms with Gasteiger partial charge in [-0.15, -0.1) is 0 Å². The second-order valence-corrected chi connectivity index (χ2v) is 3.57. The van der Waals surface area contributed by atoms with Crippen molar-refractivity contribution in [1.29, 1.82) is 0 Å². The van der Waals surface area contributed by atoms with Gasteiger partial charge in [0.25, 0.3) is 0 Å². The van der Waals surface area contributed by atoms with Gasteiger partial charge in [0.2, 0.25) is 0 Å². The van der Waals surface area contributed by atoms with Gasteiger partial charge in [0.05, 0.1) is 0 Å². The number of nitrogens with zero attached hydrogens (tertiary/aromatic N) is 1. The molecule has 1 fully saturated rings. The van der Waals surface area contributed by atoms with E-state index in [9.17, 15) is 0 Å². The average molecular weight is 165 g/mol. The first-order chi connectivity index (χ1) is 5.92. The highest BCUT2D eigenvalue weighted by molar-refractivity contribution is 4.96. The van der Waals surface area contributed by atoms with Crippen molar-refractivity contribution in [3.8, 4) is 0 Å². The maximum atomic E-state index is 9.12. The van der Waals surface area contributed by atoms with E-state index in [-0.39, 0.29) is 0 Å². The minimum Gasteiger partial charge on any atom is -0.396 e. The molecular formula is C10H15NO. The maximum Gasteiger partial charge on any atom is 0.0479 e. The zero-order chi connectivity index (χ0) is 8.39. The molecule has 0 spiro atoms. The van der Waals surface area contributed by atoms with Crippen molar-refractivity contribution in [2.24, 2.45) is 5.92 Å². The summed E-state index contributed by atoms with van der Waals surface area (Å²) in [5.41, 5.74) is 0. The average Bonchev–Trinajstić information content (AvgIpc) is 2.74. The van der Waals surface area contributed by atoms with Crippen molar-refractivity contribution >= 4 is 0 Å². The summed E-state index contributed by atoms with van der Waals surface area (Å²) in [6.07, 6.45) is 7.85. The smallest absolute Gasteiger partial charge is 0.0479 e. The van der Waals surface area contributed by atoms with Crippen LogP contribution in [0.4, 0.5) is 0 Å². The second kappa shape index (κ2) is 3.31. The lowest BCUT2D eigenvalue weighted by molar-refractivity contribution is 0.196. The Labute approximate surface area is 72.8 Å². The zero-order valence-corrected chi connectivity index (χ0v) is 7.19. The van der Waals surface area contributed by atoms with Gasteiger partial charge < -0.3 is 9.67 Å². The molecule has 2 heteroatoms. The van der Waals surface area contributed by atoms with E-state index in [1.807, 2.05) is 12.1 Å². The van der Waals surface area contributed by atoms with Crippen LogP contribution in [0.1, 0.15) is 25.3 Å². The lowest BCUT2D eigenvalue weighted by Crippen LogP contribution is -2.15. The number of aliphatic hydroxyl groups is 1. The van der Waals surface area contributed by atoms with Gasteiger partial charge in [-0.2, -0.15) is 0 Å². The van der Waals surface area contributed by atoms with E-state index in [1.54, 1.807) is 0 Å². The molecule has 1 aromatic heterocycles. The first-order valence-electron chi connectivity index (χ1n) is 4.65. The zero-order valence-electron chi connectivity index (χ0n) is 7.19. The van der Waals surface area contributed by atoms with Crippen LogP contribution in [0.15, 0.2) is 24.5 Å². The normalized spacial score (nSPS) is 29.4. The van der Waals surface area contributed by atoms with Gasteiger partial charge in [0, 0.05) is 31.0 Å². The van der Waals surface area contributed by atoms with Crippen LogP contribution in [0.5, 0.6) is 0 Å². The number of hydrogen-bond acceptors (Lipinski definition) is 1. The molecule has 2 atom stereocenters. The second-order valence-electron chi connectivity index (χ2n) is 3.57. The molecule has 1 aliphatic rings. The maximum absolute atomic E-state index is 9.12.